The van der Waals surface area contributed by atoms with Crippen LogP contribution in [0.1, 0.15) is 25.7 Å². The summed E-state index contributed by atoms with van der Waals surface area (Å²) >= 11 is 0. The molecule has 86 valence electrons. The lowest BCUT2D eigenvalue weighted by molar-refractivity contribution is -0.143. The molecule has 1 heterocycles. The highest BCUT2D eigenvalue weighted by atomic mass is 16.5. The molecule has 5 heteroatoms. The first kappa shape index (κ1) is 10.9. The molecule has 1 aromatic heterocycles. The Balaban J connectivity index is 1.84. The maximum absolute atomic E-state index is 10.8. The predicted octanol–water partition coefficient (Wildman–Crippen LogP) is 1.50. The van der Waals surface area contributed by atoms with E-state index >= 15 is 0 Å². The molecule has 1 fully saturated rings. The van der Waals surface area contributed by atoms with Gasteiger partial charge in [0.25, 0.3) is 0 Å². The van der Waals surface area contributed by atoms with E-state index in [-0.39, 0.29) is 12.0 Å². The van der Waals surface area contributed by atoms with Crippen LogP contribution >= 0.6 is 0 Å². The smallest absolute Gasteiger partial charge is 0.306 e. The molecule has 0 radical (unpaired) electrons. The van der Waals surface area contributed by atoms with E-state index < -0.39 is 5.97 Å². The minimum atomic E-state index is -0.694. The summed E-state index contributed by atoms with van der Waals surface area (Å²) in [6.45, 7) is 0. The first-order valence-corrected chi connectivity index (χ1v) is 5.41. The molecule has 0 unspecified atom stereocenters. The van der Waals surface area contributed by atoms with E-state index in [1.54, 1.807) is 12.3 Å². The molecule has 1 N–H and O–H groups in total. The van der Waals surface area contributed by atoms with E-state index in [1.807, 2.05) is 0 Å². The third kappa shape index (κ3) is 2.68. The van der Waals surface area contributed by atoms with Gasteiger partial charge in [-0.05, 0) is 25.7 Å². The summed E-state index contributed by atoms with van der Waals surface area (Å²) in [6, 6.07) is 1.71. The molecule has 1 aliphatic carbocycles. The number of carbonyl (C=O) groups is 1. The first-order chi connectivity index (χ1) is 7.75. The molecule has 2 rings (SSSR count). The van der Waals surface area contributed by atoms with Gasteiger partial charge in [-0.1, -0.05) is 0 Å². The summed E-state index contributed by atoms with van der Waals surface area (Å²) in [4.78, 5) is 18.5. The number of hydrogen-bond donors (Lipinski definition) is 1. The molecular formula is C11H14N2O3. The molecule has 0 bridgehead atoms. The van der Waals surface area contributed by atoms with Crippen molar-refractivity contribution in [2.75, 3.05) is 0 Å². The minimum Gasteiger partial charge on any atom is -0.481 e. The monoisotopic (exact) mass is 222 g/mol. The van der Waals surface area contributed by atoms with Gasteiger partial charge in [0.05, 0.1) is 5.92 Å². The number of aromatic nitrogens is 2. The fourth-order valence-corrected chi connectivity index (χ4v) is 1.95. The topological polar surface area (TPSA) is 72.3 Å². The van der Waals surface area contributed by atoms with Gasteiger partial charge in [0, 0.05) is 12.3 Å². The van der Waals surface area contributed by atoms with Crippen LogP contribution in [0.2, 0.25) is 0 Å². The maximum atomic E-state index is 10.8. The van der Waals surface area contributed by atoms with E-state index in [0.717, 1.165) is 12.8 Å². The first-order valence-electron chi connectivity index (χ1n) is 5.41. The number of carboxylic acids is 1. The molecule has 0 aromatic carbocycles. The van der Waals surface area contributed by atoms with Gasteiger partial charge < -0.3 is 9.84 Å². The van der Waals surface area contributed by atoms with E-state index in [1.165, 1.54) is 6.33 Å². The molecule has 5 nitrogen and oxygen atoms in total. The zero-order chi connectivity index (χ0) is 11.4. The van der Waals surface area contributed by atoms with Crippen LogP contribution in [0.5, 0.6) is 5.88 Å². The van der Waals surface area contributed by atoms with Gasteiger partial charge >= 0.3 is 5.97 Å². The second-order valence-electron chi connectivity index (χ2n) is 3.98. The van der Waals surface area contributed by atoms with E-state index in [4.69, 9.17) is 9.84 Å². The van der Waals surface area contributed by atoms with Crippen molar-refractivity contribution in [3.05, 3.63) is 18.6 Å². The van der Waals surface area contributed by atoms with Crippen molar-refractivity contribution < 1.29 is 14.6 Å². The standard InChI is InChI=1S/C11H14N2O3/c14-11(15)8-1-3-9(4-2-8)16-10-5-6-12-7-13-10/h5-9H,1-4H2,(H,14,15). The highest BCUT2D eigenvalue weighted by Gasteiger charge is 2.26. The summed E-state index contributed by atoms with van der Waals surface area (Å²) in [7, 11) is 0. The Bertz CT molecular complexity index is 348. The van der Waals surface area contributed by atoms with E-state index in [9.17, 15) is 4.79 Å². The van der Waals surface area contributed by atoms with Crippen molar-refractivity contribution >= 4 is 5.97 Å². The van der Waals surface area contributed by atoms with Gasteiger partial charge in [-0.2, -0.15) is 0 Å². The average Bonchev–Trinajstić information content (AvgIpc) is 2.31. The summed E-state index contributed by atoms with van der Waals surface area (Å²) < 4.78 is 5.64. The summed E-state index contributed by atoms with van der Waals surface area (Å²) in [5.74, 6) is -0.334. The lowest BCUT2D eigenvalue weighted by Gasteiger charge is -2.26. The third-order valence-electron chi connectivity index (χ3n) is 2.87. The number of ether oxygens (including phenoxy) is 1. The van der Waals surface area contributed by atoms with Gasteiger partial charge in [-0.25, -0.2) is 9.97 Å². The molecule has 1 aliphatic rings. The molecule has 0 amide bonds. The lowest BCUT2D eigenvalue weighted by Crippen LogP contribution is -2.28. The van der Waals surface area contributed by atoms with Crippen molar-refractivity contribution in [2.24, 2.45) is 5.92 Å². The number of hydrogen-bond acceptors (Lipinski definition) is 4. The lowest BCUT2D eigenvalue weighted by atomic mass is 9.87. The second-order valence-corrected chi connectivity index (χ2v) is 3.98. The third-order valence-corrected chi connectivity index (χ3v) is 2.87. The fourth-order valence-electron chi connectivity index (χ4n) is 1.95. The van der Waals surface area contributed by atoms with Crippen LogP contribution in [0.25, 0.3) is 0 Å². The van der Waals surface area contributed by atoms with Crippen molar-refractivity contribution in [1.82, 2.24) is 9.97 Å². The van der Waals surface area contributed by atoms with Crippen LogP contribution in [-0.2, 0) is 4.79 Å². The summed E-state index contributed by atoms with van der Waals surface area (Å²) in [6.07, 6.45) is 6.09. The van der Waals surface area contributed by atoms with E-state index in [2.05, 4.69) is 9.97 Å². The van der Waals surface area contributed by atoms with Crippen molar-refractivity contribution in [1.29, 1.82) is 0 Å². The molecule has 1 saturated carbocycles. The molecular weight excluding hydrogens is 208 g/mol. The number of nitrogens with zero attached hydrogens (tertiary/aromatic N) is 2. The van der Waals surface area contributed by atoms with Gasteiger partial charge in [0.2, 0.25) is 5.88 Å². The van der Waals surface area contributed by atoms with Crippen molar-refractivity contribution in [3.63, 3.8) is 0 Å². The fraction of sp³-hybridized carbons (Fsp3) is 0.545. The summed E-state index contributed by atoms with van der Waals surface area (Å²) in [5.41, 5.74) is 0. The number of carboxylic acid groups (broad SMARTS) is 1. The zero-order valence-electron chi connectivity index (χ0n) is 8.87. The zero-order valence-corrected chi connectivity index (χ0v) is 8.87. The highest BCUT2D eigenvalue weighted by Crippen LogP contribution is 2.26. The van der Waals surface area contributed by atoms with Gasteiger partial charge in [0.15, 0.2) is 0 Å². The Hall–Kier alpha value is -1.65. The van der Waals surface area contributed by atoms with Crippen LogP contribution in [0.3, 0.4) is 0 Å². The molecule has 1 aromatic rings. The average molecular weight is 222 g/mol. The van der Waals surface area contributed by atoms with E-state index in [0.29, 0.717) is 18.7 Å². The van der Waals surface area contributed by atoms with Crippen LogP contribution in [0, 0.1) is 5.92 Å². The van der Waals surface area contributed by atoms with Gasteiger partial charge in [0.1, 0.15) is 12.4 Å². The van der Waals surface area contributed by atoms with Gasteiger partial charge in [-0.15, -0.1) is 0 Å². The SMILES string of the molecule is O=C(O)C1CCC(Oc2ccncn2)CC1. The highest BCUT2D eigenvalue weighted by molar-refractivity contribution is 5.70. The van der Waals surface area contributed by atoms with Crippen LogP contribution in [0.15, 0.2) is 18.6 Å². The maximum Gasteiger partial charge on any atom is 0.306 e. The van der Waals surface area contributed by atoms with Crippen LogP contribution in [0.4, 0.5) is 0 Å². The summed E-state index contributed by atoms with van der Waals surface area (Å²) in [5, 5.41) is 8.85. The molecule has 0 aliphatic heterocycles. The predicted molar refractivity (Wildman–Crippen MR) is 56.0 cm³/mol. The number of rotatable bonds is 3. The normalized spacial score (nSPS) is 25.0. The van der Waals surface area contributed by atoms with Crippen LogP contribution in [-0.4, -0.2) is 27.1 Å². The van der Waals surface area contributed by atoms with Crippen molar-refractivity contribution in [2.45, 2.75) is 31.8 Å². The Labute approximate surface area is 93.5 Å². The minimum absolute atomic E-state index is 0.0884. The van der Waals surface area contributed by atoms with Crippen molar-refractivity contribution in [3.8, 4) is 5.88 Å². The number of aliphatic carboxylic acids is 1. The van der Waals surface area contributed by atoms with Gasteiger partial charge in [-0.3, -0.25) is 4.79 Å². The second kappa shape index (κ2) is 4.92. The molecule has 0 spiro atoms. The Morgan fingerprint density at radius 3 is 2.69 bits per heavy atom. The van der Waals surface area contributed by atoms with Crippen LogP contribution < -0.4 is 4.74 Å². The Morgan fingerprint density at radius 2 is 2.12 bits per heavy atom. The Kier molecular flexibility index (Phi) is 3.34. The molecule has 16 heavy (non-hydrogen) atoms. The quantitative estimate of drug-likeness (QED) is 0.839. The largest absolute Gasteiger partial charge is 0.481 e. The molecule has 0 atom stereocenters. The Morgan fingerprint density at radius 1 is 1.38 bits per heavy atom. The molecule has 0 saturated heterocycles.